The van der Waals surface area contributed by atoms with Crippen LogP contribution in [0.3, 0.4) is 0 Å². The number of carbonyl (C=O) groups excluding carboxylic acids is 3. The lowest BCUT2D eigenvalue weighted by Gasteiger charge is -2.28. The van der Waals surface area contributed by atoms with Crippen molar-refractivity contribution in [2.75, 3.05) is 20.3 Å². The summed E-state index contributed by atoms with van der Waals surface area (Å²) in [6, 6.07) is 25.4. The Morgan fingerprint density at radius 2 is 1.76 bits per heavy atom. The van der Waals surface area contributed by atoms with Crippen LogP contribution in [-0.2, 0) is 20.9 Å². The van der Waals surface area contributed by atoms with E-state index >= 15 is 0 Å². The van der Waals surface area contributed by atoms with Crippen LogP contribution in [0, 0.1) is 0 Å². The first-order valence-electron chi connectivity index (χ1n) is 14.6. The van der Waals surface area contributed by atoms with Crippen molar-refractivity contribution in [1.29, 1.82) is 0 Å². The molecule has 236 valence electrons. The Labute approximate surface area is 266 Å². The number of hydrogen-bond acceptors (Lipinski definition) is 8. The van der Waals surface area contributed by atoms with Gasteiger partial charge < -0.3 is 29.6 Å². The molecule has 3 N–H and O–H groups in total. The highest BCUT2D eigenvalue weighted by atomic mass is 16.5. The fourth-order valence-corrected chi connectivity index (χ4v) is 5.02. The molecule has 0 unspecified atom stereocenters. The normalized spacial score (nSPS) is 14.4. The van der Waals surface area contributed by atoms with Crippen LogP contribution >= 0.6 is 0 Å². The van der Waals surface area contributed by atoms with Gasteiger partial charge in [-0.25, -0.2) is 15.0 Å². The molecule has 4 aromatic carbocycles. The Hall–Kier alpha value is -5.84. The molecule has 0 saturated heterocycles. The van der Waals surface area contributed by atoms with E-state index in [2.05, 4.69) is 39.4 Å². The number of hydrogen-bond donors (Lipinski definition) is 3. The van der Waals surface area contributed by atoms with Crippen molar-refractivity contribution in [1.82, 2.24) is 16.1 Å². The number of allylic oxidation sites excluding steroid dienone is 1. The molecule has 1 heterocycles. The topological polar surface area (TPSA) is 137 Å². The molecule has 46 heavy (non-hydrogen) atoms. The van der Waals surface area contributed by atoms with E-state index < -0.39 is 23.9 Å². The molecule has 3 amide bonds. The summed E-state index contributed by atoms with van der Waals surface area (Å²) in [6.45, 7) is 3.60. The zero-order valence-electron chi connectivity index (χ0n) is 25.7. The third kappa shape index (κ3) is 7.62. The second-order valence-corrected chi connectivity index (χ2v) is 10.3. The van der Waals surface area contributed by atoms with E-state index in [1.807, 2.05) is 48.5 Å². The number of benzene rings is 4. The van der Waals surface area contributed by atoms with Crippen LogP contribution in [0.25, 0.3) is 10.8 Å². The Kier molecular flexibility index (Phi) is 10.1. The lowest BCUT2D eigenvalue weighted by atomic mass is 9.95. The van der Waals surface area contributed by atoms with Gasteiger partial charge in [-0.05, 0) is 65.6 Å². The summed E-state index contributed by atoms with van der Waals surface area (Å²) in [5, 5.41) is 11.7. The number of ether oxygens (including phenoxy) is 4. The molecule has 0 spiro atoms. The van der Waals surface area contributed by atoms with E-state index in [1.165, 1.54) is 13.3 Å². The fourth-order valence-electron chi connectivity index (χ4n) is 5.02. The molecule has 11 nitrogen and oxygen atoms in total. The maximum atomic E-state index is 12.6. The van der Waals surface area contributed by atoms with Gasteiger partial charge in [0.15, 0.2) is 18.1 Å². The highest BCUT2D eigenvalue weighted by molar-refractivity contribution is 5.95. The van der Waals surface area contributed by atoms with Gasteiger partial charge in [0.2, 0.25) is 0 Å². The van der Waals surface area contributed by atoms with Crippen LogP contribution < -0.4 is 30.3 Å². The lowest BCUT2D eigenvalue weighted by Crippen LogP contribution is -2.45. The summed E-state index contributed by atoms with van der Waals surface area (Å²) in [7, 11) is 1.45. The Balaban J connectivity index is 1.17. The highest BCUT2D eigenvalue weighted by Crippen LogP contribution is 2.34. The summed E-state index contributed by atoms with van der Waals surface area (Å²) in [6.07, 6.45) is 1.52. The first-order valence-corrected chi connectivity index (χ1v) is 14.6. The predicted octanol–water partition coefficient (Wildman–Crippen LogP) is 5.15. The molecule has 1 aliphatic rings. The molecule has 0 fully saturated rings. The number of carbonyl (C=O) groups is 3. The first kappa shape index (κ1) is 31.6. The average molecular weight is 623 g/mol. The van der Waals surface area contributed by atoms with Gasteiger partial charge in [0.1, 0.15) is 12.4 Å². The van der Waals surface area contributed by atoms with Crippen LogP contribution in [0.5, 0.6) is 17.2 Å². The third-order valence-corrected chi connectivity index (χ3v) is 7.18. The minimum absolute atomic E-state index is 0.186. The standard InChI is InChI=1S/C35H34N4O7/c1-4-44-34(41)32-22(2)37-35(42)38-33(32)25-15-16-29(30(18-25)43-3)46-21-31(40)39-36-19-23-9-7-13-27(17-23)45-20-26-12-8-11-24-10-5-6-14-28(24)26/h5-19,33H,4,20-21H2,1-3H3,(H,39,40)(H2,37,38,42)/b36-19+/t33-/m0/s1. The molecule has 5 rings (SSSR count). The molecule has 1 aliphatic heterocycles. The number of esters is 1. The number of nitrogens with zero attached hydrogens (tertiary/aromatic N) is 1. The van der Waals surface area contributed by atoms with E-state index in [9.17, 15) is 14.4 Å². The number of rotatable bonds is 12. The zero-order chi connectivity index (χ0) is 32.5. The van der Waals surface area contributed by atoms with Gasteiger partial charge in [0.25, 0.3) is 5.91 Å². The molecule has 0 saturated carbocycles. The van der Waals surface area contributed by atoms with Crippen molar-refractivity contribution < 1.29 is 33.3 Å². The third-order valence-electron chi connectivity index (χ3n) is 7.18. The van der Waals surface area contributed by atoms with Crippen molar-refractivity contribution in [3.63, 3.8) is 0 Å². The summed E-state index contributed by atoms with van der Waals surface area (Å²) in [5.41, 5.74) is 5.51. The van der Waals surface area contributed by atoms with Crippen molar-refractivity contribution in [3.05, 3.63) is 113 Å². The maximum absolute atomic E-state index is 12.6. The highest BCUT2D eigenvalue weighted by Gasteiger charge is 2.32. The Bertz CT molecular complexity index is 1810. The Morgan fingerprint density at radius 3 is 2.59 bits per heavy atom. The summed E-state index contributed by atoms with van der Waals surface area (Å²) < 4.78 is 22.4. The summed E-state index contributed by atoms with van der Waals surface area (Å²) in [5.74, 6) is 0.239. The zero-order valence-corrected chi connectivity index (χ0v) is 25.7. The van der Waals surface area contributed by atoms with Gasteiger partial charge in [-0.1, -0.05) is 60.7 Å². The molecule has 0 radical (unpaired) electrons. The second-order valence-electron chi connectivity index (χ2n) is 10.3. The van der Waals surface area contributed by atoms with E-state index in [-0.39, 0.29) is 18.8 Å². The molecular weight excluding hydrogens is 588 g/mol. The number of nitrogens with one attached hydrogen (secondary N) is 3. The first-order chi connectivity index (χ1) is 22.4. The fraction of sp³-hybridized carbons (Fsp3) is 0.200. The molecule has 11 heteroatoms. The van der Waals surface area contributed by atoms with Gasteiger partial charge >= 0.3 is 12.0 Å². The minimum Gasteiger partial charge on any atom is -0.493 e. The van der Waals surface area contributed by atoms with Crippen LogP contribution in [0.2, 0.25) is 0 Å². The van der Waals surface area contributed by atoms with Crippen LogP contribution in [0.15, 0.2) is 101 Å². The van der Waals surface area contributed by atoms with Crippen LogP contribution in [0.1, 0.15) is 36.6 Å². The van der Waals surface area contributed by atoms with Gasteiger partial charge in [-0.3, -0.25) is 4.79 Å². The molecule has 1 atom stereocenters. The molecule has 0 aromatic heterocycles. The Morgan fingerprint density at radius 1 is 0.957 bits per heavy atom. The van der Waals surface area contributed by atoms with Gasteiger partial charge in [0, 0.05) is 5.70 Å². The van der Waals surface area contributed by atoms with Crippen molar-refractivity contribution in [3.8, 4) is 17.2 Å². The number of fused-ring (bicyclic) bond motifs is 1. The van der Waals surface area contributed by atoms with E-state index in [4.69, 9.17) is 18.9 Å². The van der Waals surface area contributed by atoms with Crippen molar-refractivity contribution >= 4 is 34.9 Å². The minimum atomic E-state index is -0.768. The summed E-state index contributed by atoms with van der Waals surface area (Å²) >= 11 is 0. The lowest BCUT2D eigenvalue weighted by molar-refractivity contribution is -0.139. The van der Waals surface area contributed by atoms with Crippen LogP contribution in [-0.4, -0.2) is 44.4 Å². The quantitative estimate of drug-likeness (QED) is 0.113. The number of urea groups is 1. The van der Waals surface area contributed by atoms with Gasteiger partial charge in [0.05, 0.1) is 31.5 Å². The molecular formula is C35H34N4O7. The van der Waals surface area contributed by atoms with Crippen molar-refractivity contribution in [2.24, 2.45) is 5.10 Å². The largest absolute Gasteiger partial charge is 0.493 e. The molecule has 4 aromatic rings. The van der Waals surface area contributed by atoms with E-state index in [1.54, 1.807) is 32.0 Å². The van der Waals surface area contributed by atoms with Crippen molar-refractivity contribution in [2.45, 2.75) is 26.5 Å². The predicted molar refractivity (Wildman–Crippen MR) is 173 cm³/mol. The SMILES string of the molecule is CCOC(=O)C1=C(C)NC(=O)N[C@H]1c1ccc(OCC(=O)N/N=C/c2cccc(OCc3cccc4ccccc34)c2)c(OC)c1. The monoisotopic (exact) mass is 622 g/mol. The van der Waals surface area contributed by atoms with Gasteiger partial charge in [-0.2, -0.15) is 5.10 Å². The molecule has 0 bridgehead atoms. The summed E-state index contributed by atoms with van der Waals surface area (Å²) in [4.78, 5) is 37.3. The van der Waals surface area contributed by atoms with E-state index in [0.717, 1.165) is 21.9 Å². The average Bonchev–Trinajstić information content (AvgIpc) is 3.06. The number of methoxy groups -OCH3 is 1. The molecule has 0 aliphatic carbocycles. The number of hydrazone groups is 1. The number of amides is 3. The smallest absolute Gasteiger partial charge is 0.338 e. The second kappa shape index (κ2) is 14.8. The van der Waals surface area contributed by atoms with Gasteiger partial charge in [-0.15, -0.1) is 0 Å². The van der Waals surface area contributed by atoms with Crippen LogP contribution in [0.4, 0.5) is 4.79 Å². The maximum Gasteiger partial charge on any atom is 0.338 e. The van der Waals surface area contributed by atoms with E-state index in [0.29, 0.717) is 35.1 Å².